The molecule has 0 bridgehead atoms. The summed E-state index contributed by atoms with van der Waals surface area (Å²) in [5.41, 5.74) is -3.01. The van der Waals surface area contributed by atoms with E-state index in [0.717, 1.165) is 5.01 Å². The van der Waals surface area contributed by atoms with Crippen LogP contribution in [0, 0.1) is 28.6 Å². The molecular formula is C26H38ClF2N5O5. The molecule has 2 aliphatic heterocycles. The second-order valence-electron chi connectivity index (χ2n) is 12.6. The van der Waals surface area contributed by atoms with Gasteiger partial charge in [-0.1, -0.05) is 46.2 Å². The van der Waals surface area contributed by atoms with Gasteiger partial charge in [-0.05, 0) is 48.3 Å². The van der Waals surface area contributed by atoms with Crippen molar-refractivity contribution in [3.05, 3.63) is 0 Å². The van der Waals surface area contributed by atoms with Gasteiger partial charge in [0.1, 0.15) is 12.1 Å². The quantitative estimate of drug-likeness (QED) is 0.284. The Kier molecular flexibility index (Phi) is 7.68. The third-order valence-corrected chi connectivity index (χ3v) is 9.52. The third kappa shape index (κ3) is 5.45. The van der Waals surface area contributed by atoms with Crippen molar-refractivity contribution < 1.29 is 32.8 Å². The number of hydrogen-bond donors (Lipinski definition) is 3. The van der Waals surface area contributed by atoms with E-state index in [2.05, 4.69) is 16.1 Å². The highest BCUT2D eigenvalue weighted by molar-refractivity contribution is 6.29. The number of rotatable bonds is 9. The summed E-state index contributed by atoms with van der Waals surface area (Å²) in [5.74, 6) is -4.53. The maximum absolute atomic E-state index is 14.5. The Labute approximate surface area is 231 Å². The molecule has 218 valence electrons. The number of fused-ring (bicyclic) bond motifs is 1. The average molecular weight is 574 g/mol. The first-order valence-electron chi connectivity index (χ1n) is 13.5. The topological polar surface area (TPSA) is 128 Å². The van der Waals surface area contributed by atoms with Crippen LogP contribution in [-0.4, -0.2) is 82.5 Å². The summed E-state index contributed by atoms with van der Waals surface area (Å²) in [6.07, 6.45) is 1.08. The van der Waals surface area contributed by atoms with Gasteiger partial charge in [-0.15, -0.1) is 0 Å². The molecule has 3 N–H and O–H groups in total. The van der Waals surface area contributed by atoms with Crippen LogP contribution in [0.25, 0.3) is 0 Å². The molecule has 0 aromatic heterocycles. The fourth-order valence-electron chi connectivity index (χ4n) is 5.92. The first-order valence-corrected chi connectivity index (χ1v) is 14.0. The van der Waals surface area contributed by atoms with Crippen molar-refractivity contribution in [3.8, 4) is 0 Å². The zero-order valence-corrected chi connectivity index (χ0v) is 23.7. The van der Waals surface area contributed by atoms with Crippen LogP contribution in [0.5, 0.6) is 0 Å². The van der Waals surface area contributed by atoms with E-state index in [1.54, 1.807) is 13.8 Å². The molecule has 2 saturated heterocycles. The number of piperidine rings is 1. The van der Waals surface area contributed by atoms with E-state index in [4.69, 9.17) is 11.6 Å². The zero-order valence-electron chi connectivity index (χ0n) is 23.0. The van der Waals surface area contributed by atoms with Crippen LogP contribution in [0.2, 0.25) is 0 Å². The number of carbonyl (C=O) groups excluding carboxylic acids is 5. The number of alkyl halides is 3. The highest BCUT2D eigenvalue weighted by Crippen LogP contribution is 2.65. The van der Waals surface area contributed by atoms with Gasteiger partial charge in [-0.3, -0.25) is 29.4 Å². The van der Waals surface area contributed by atoms with Crippen molar-refractivity contribution >= 4 is 41.1 Å². The van der Waals surface area contributed by atoms with Gasteiger partial charge >= 0.3 is 0 Å². The second-order valence-corrected chi connectivity index (χ2v) is 13.0. The Morgan fingerprint density at radius 2 is 1.90 bits per heavy atom. The molecule has 2 saturated carbocycles. The van der Waals surface area contributed by atoms with Crippen LogP contribution in [0.1, 0.15) is 60.3 Å². The minimum absolute atomic E-state index is 0.0130. The van der Waals surface area contributed by atoms with Gasteiger partial charge in [0.05, 0.1) is 12.5 Å². The highest BCUT2D eigenvalue weighted by Gasteiger charge is 2.70. The van der Waals surface area contributed by atoms with Gasteiger partial charge < -0.3 is 15.5 Å². The Morgan fingerprint density at radius 3 is 2.41 bits per heavy atom. The summed E-state index contributed by atoms with van der Waals surface area (Å²) in [5, 5.41) is 5.96. The number of likely N-dealkylation sites (tertiary alicyclic amines) is 1. The zero-order chi connectivity index (χ0) is 29.1. The summed E-state index contributed by atoms with van der Waals surface area (Å²) in [4.78, 5) is 66.3. The summed E-state index contributed by atoms with van der Waals surface area (Å²) < 4.78 is 28.4. The van der Waals surface area contributed by atoms with E-state index in [-0.39, 0.29) is 49.1 Å². The van der Waals surface area contributed by atoms with Gasteiger partial charge in [-0.2, -0.15) is 0 Å². The van der Waals surface area contributed by atoms with Crippen LogP contribution < -0.4 is 16.1 Å². The SMILES string of the molecule is CCC(C)(C)[C@H](NC(=O)C1(F)CC1)C(=O)N1C[C@H]2[C@@H]([C@H]1C(=O)NN(C[C@@H]1CCNC1=O)C(=O)[C@@H](F)Cl)C2(C)C. The van der Waals surface area contributed by atoms with Crippen LogP contribution >= 0.6 is 11.6 Å². The molecule has 2 aliphatic carbocycles. The Hall–Kier alpha value is -2.50. The van der Waals surface area contributed by atoms with Gasteiger partial charge in [0, 0.05) is 13.1 Å². The molecule has 0 radical (unpaired) electrons. The largest absolute Gasteiger partial charge is 0.356 e. The maximum atomic E-state index is 14.5. The normalized spacial score (nSPS) is 29.5. The summed E-state index contributed by atoms with van der Waals surface area (Å²) in [6, 6.07) is -2.11. The molecule has 4 rings (SSSR count). The van der Waals surface area contributed by atoms with Gasteiger partial charge in [-0.25, -0.2) is 13.8 Å². The standard InChI is InChI=1S/C26H38ClF2N5O5/c1-6-24(2,3)17(31-23(39)26(29)8-9-26)21(37)33-12-14-15(25(14,4)5)16(33)20(36)32-34(22(38)18(27)28)11-13-7-10-30-19(13)35/h13-18H,6-12H2,1-5H3,(H,30,35)(H,31,39)(H,32,36)/t13-,14-,15-,16-,17+,18+/m0/s1. The van der Waals surface area contributed by atoms with Gasteiger partial charge in [0.15, 0.2) is 5.67 Å². The molecule has 4 aliphatic rings. The van der Waals surface area contributed by atoms with Crippen LogP contribution in [-0.2, 0) is 24.0 Å². The first kappa shape index (κ1) is 29.5. The van der Waals surface area contributed by atoms with E-state index in [9.17, 15) is 32.8 Å². The number of hydrazine groups is 1. The minimum Gasteiger partial charge on any atom is -0.356 e. The molecule has 6 atom stereocenters. The van der Waals surface area contributed by atoms with Crippen molar-refractivity contribution in [3.63, 3.8) is 0 Å². The lowest BCUT2D eigenvalue weighted by Gasteiger charge is -2.39. The molecular weight excluding hydrogens is 536 g/mol. The minimum atomic E-state index is -2.44. The van der Waals surface area contributed by atoms with E-state index >= 15 is 0 Å². The summed E-state index contributed by atoms with van der Waals surface area (Å²) in [6.45, 7) is 9.73. The monoisotopic (exact) mass is 573 g/mol. The van der Waals surface area contributed by atoms with E-state index in [0.29, 0.717) is 19.4 Å². The molecule has 0 aromatic carbocycles. The van der Waals surface area contributed by atoms with Gasteiger partial charge in [0.2, 0.25) is 11.8 Å². The Balaban J connectivity index is 1.58. The second kappa shape index (κ2) is 10.2. The highest BCUT2D eigenvalue weighted by atomic mass is 35.5. The average Bonchev–Trinajstić information content (AvgIpc) is 3.55. The number of nitrogens with one attached hydrogen (secondary N) is 3. The molecule has 0 aromatic rings. The van der Waals surface area contributed by atoms with Crippen LogP contribution in [0.4, 0.5) is 8.78 Å². The number of hydrogen-bond acceptors (Lipinski definition) is 5. The van der Waals surface area contributed by atoms with E-state index in [1.165, 1.54) is 4.90 Å². The predicted molar refractivity (Wildman–Crippen MR) is 137 cm³/mol. The molecule has 2 heterocycles. The van der Waals surface area contributed by atoms with Gasteiger partial charge in [0.25, 0.3) is 23.4 Å². The lowest BCUT2D eigenvalue weighted by atomic mass is 9.80. The molecule has 39 heavy (non-hydrogen) atoms. The number of carbonyl (C=O) groups is 5. The lowest BCUT2D eigenvalue weighted by molar-refractivity contribution is -0.151. The fraction of sp³-hybridized carbons (Fsp3) is 0.808. The molecule has 4 fully saturated rings. The number of halogens is 3. The van der Waals surface area contributed by atoms with Crippen LogP contribution in [0.15, 0.2) is 0 Å². The van der Waals surface area contributed by atoms with Crippen molar-refractivity contribution in [2.45, 2.75) is 83.7 Å². The molecule has 10 nitrogen and oxygen atoms in total. The fourth-order valence-corrected chi connectivity index (χ4v) is 6.04. The van der Waals surface area contributed by atoms with Crippen molar-refractivity contribution in [2.24, 2.45) is 28.6 Å². The van der Waals surface area contributed by atoms with E-state index < -0.39 is 58.3 Å². The first-order chi connectivity index (χ1) is 18.0. The summed E-state index contributed by atoms with van der Waals surface area (Å²) >= 11 is 5.40. The lowest BCUT2D eigenvalue weighted by Crippen LogP contribution is -2.62. The Bertz CT molecular complexity index is 1070. The van der Waals surface area contributed by atoms with E-state index in [1.807, 2.05) is 20.8 Å². The predicted octanol–water partition coefficient (Wildman–Crippen LogP) is 1.42. The third-order valence-electron chi connectivity index (χ3n) is 9.33. The maximum Gasteiger partial charge on any atom is 0.291 e. The van der Waals surface area contributed by atoms with Crippen molar-refractivity contribution in [1.82, 2.24) is 26.0 Å². The number of amides is 5. The van der Waals surface area contributed by atoms with Crippen LogP contribution in [0.3, 0.4) is 0 Å². The molecule has 13 heteroatoms. The van der Waals surface area contributed by atoms with Crippen molar-refractivity contribution in [1.29, 1.82) is 0 Å². The number of nitrogens with zero attached hydrogens (tertiary/aromatic N) is 2. The Morgan fingerprint density at radius 1 is 1.26 bits per heavy atom. The smallest absolute Gasteiger partial charge is 0.291 e. The molecule has 0 unspecified atom stereocenters. The molecule has 5 amide bonds. The molecule has 0 spiro atoms. The van der Waals surface area contributed by atoms with Crippen molar-refractivity contribution in [2.75, 3.05) is 19.6 Å². The summed E-state index contributed by atoms with van der Waals surface area (Å²) in [7, 11) is 0.